The van der Waals surface area contributed by atoms with E-state index in [0.29, 0.717) is 19.4 Å². The molecule has 0 fully saturated rings. The van der Waals surface area contributed by atoms with Crippen LogP contribution in [0, 0.1) is 5.92 Å². The molecule has 0 aromatic heterocycles. The normalized spacial score (nSPS) is 13.3. The fourth-order valence-electron chi connectivity index (χ4n) is 1.84. The highest BCUT2D eigenvalue weighted by Crippen LogP contribution is 2.13. The second-order valence-corrected chi connectivity index (χ2v) is 5.06. The molecule has 2 N–H and O–H groups in total. The number of hydrogen-bond donors (Lipinski definition) is 2. The Kier molecular flexibility index (Phi) is 6.72. The number of hydrogen-bond acceptors (Lipinski definition) is 3. The third kappa shape index (κ3) is 5.85. The first kappa shape index (κ1) is 17.0. The van der Waals surface area contributed by atoms with Gasteiger partial charge in [-0.25, -0.2) is 0 Å². The standard InChI is InChI=1S/C16H23NO4/c1-4-21-14-8-5-13(6-9-14)7-10-15(18)17-12(3)11(2)16(19)20/h5-6,8-9,11-12H,4,7,10H2,1-3H3,(H,17,18)(H,19,20). The zero-order valence-corrected chi connectivity index (χ0v) is 12.8. The first-order valence-electron chi connectivity index (χ1n) is 7.18. The Bertz CT molecular complexity index is 470. The van der Waals surface area contributed by atoms with Gasteiger partial charge in [0, 0.05) is 12.5 Å². The average molecular weight is 293 g/mol. The average Bonchev–Trinajstić information content (AvgIpc) is 2.45. The summed E-state index contributed by atoms with van der Waals surface area (Å²) < 4.78 is 5.35. The number of carbonyl (C=O) groups is 2. The number of aliphatic carboxylic acids is 1. The van der Waals surface area contributed by atoms with Crippen molar-refractivity contribution in [1.82, 2.24) is 5.32 Å². The molecule has 0 bridgehead atoms. The van der Waals surface area contributed by atoms with Crippen LogP contribution in [0.4, 0.5) is 0 Å². The number of ether oxygens (including phenoxy) is 1. The van der Waals surface area contributed by atoms with Gasteiger partial charge in [0.1, 0.15) is 5.75 Å². The molecule has 0 aliphatic heterocycles. The minimum atomic E-state index is -0.908. The second kappa shape index (κ2) is 8.29. The highest BCUT2D eigenvalue weighted by molar-refractivity contribution is 5.78. The number of amides is 1. The lowest BCUT2D eigenvalue weighted by Crippen LogP contribution is -2.40. The first-order valence-corrected chi connectivity index (χ1v) is 7.18. The van der Waals surface area contributed by atoms with Crippen molar-refractivity contribution in [3.63, 3.8) is 0 Å². The van der Waals surface area contributed by atoms with Crippen LogP contribution in [-0.2, 0) is 16.0 Å². The molecule has 5 heteroatoms. The van der Waals surface area contributed by atoms with Gasteiger partial charge in [-0.3, -0.25) is 9.59 Å². The summed E-state index contributed by atoms with van der Waals surface area (Å²) in [7, 11) is 0. The second-order valence-electron chi connectivity index (χ2n) is 5.06. The van der Waals surface area contributed by atoms with Gasteiger partial charge in [-0.1, -0.05) is 12.1 Å². The minimum Gasteiger partial charge on any atom is -0.494 e. The third-order valence-electron chi connectivity index (χ3n) is 3.40. The van der Waals surface area contributed by atoms with Gasteiger partial charge in [0.25, 0.3) is 0 Å². The van der Waals surface area contributed by atoms with Crippen molar-refractivity contribution >= 4 is 11.9 Å². The lowest BCUT2D eigenvalue weighted by molar-refractivity contribution is -0.142. The van der Waals surface area contributed by atoms with E-state index >= 15 is 0 Å². The van der Waals surface area contributed by atoms with Crippen LogP contribution in [0.15, 0.2) is 24.3 Å². The molecular weight excluding hydrogens is 270 g/mol. The van der Waals surface area contributed by atoms with Gasteiger partial charge in [-0.2, -0.15) is 0 Å². The highest BCUT2D eigenvalue weighted by Gasteiger charge is 2.20. The van der Waals surface area contributed by atoms with Crippen molar-refractivity contribution in [2.45, 2.75) is 39.7 Å². The fraction of sp³-hybridized carbons (Fsp3) is 0.500. The van der Waals surface area contributed by atoms with Crippen molar-refractivity contribution < 1.29 is 19.4 Å². The molecule has 0 saturated heterocycles. The molecular formula is C16H23NO4. The summed E-state index contributed by atoms with van der Waals surface area (Å²) in [5, 5.41) is 11.6. The number of aryl methyl sites for hydroxylation is 1. The van der Waals surface area contributed by atoms with E-state index in [4.69, 9.17) is 9.84 Å². The maximum atomic E-state index is 11.8. The summed E-state index contributed by atoms with van der Waals surface area (Å²) in [5.41, 5.74) is 1.05. The SMILES string of the molecule is CCOc1ccc(CCC(=O)NC(C)C(C)C(=O)O)cc1. The van der Waals surface area contributed by atoms with Crippen LogP contribution >= 0.6 is 0 Å². The van der Waals surface area contributed by atoms with E-state index < -0.39 is 11.9 Å². The summed E-state index contributed by atoms with van der Waals surface area (Å²) in [4.78, 5) is 22.6. The largest absolute Gasteiger partial charge is 0.494 e. The molecule has 21 heavy (non-hydrogen) atoms. The lowest BCUT2D eigenvalue weighted by Gasteiger charge is -2.17. The summed E-state index contributed by atoms with van der Waals surface area (Å²) >= 11 is 0. The van der Waals surface area contributed by atoms with Gasteiger partial charge in [-0.15, -0.1) is 0 Å². The number of carbonyl (C=O) groups excluding carboxylic acids is 1. The molecule has 0 aliphatic rings. The summed E-state index contributed by atoms with van der Waals surface area (Å²) in [6.07, 6.45) is 0.955. The van der Waals surface area contributed by atoms with Crippen LogP contribution in [0.25, 0.3) is 0 Å². The van der Waals surface area contributed by atoms with Gasteiger partial charge < -0.3 is 15.2 Å². The zero-order chi connectivity index (χ0) is 15.8. The van der Waals surface area contributed by atoms with Crippen molar-refractivity contribution in [3.05, 3.63) is 29.8 Å². The quantitative estimate of drug-likeness (QED) is 0.770. The van der Waals surface area contributed by atoms with Gasteiger partial charge >= 0.3 is 5.97 Å². The fourth-order valence-corrected chi connectivity index (χ4v) is 1.84. The predicted octanol–water partition coefficient (Wildman–Crippen LogP) is 2.24. The van der Waals surface area contributed by atoms with Gasteiger partial charge in [0.15, 0.2) is 0 Å². The van der Waals surface area contributed by atoms with Gasteiger partial charge in [-0.05, 0) is 44.9 Å². The van der Waals surface area contributed by atoms with Crippen LogP contribution < -0.4 is 10.1 Å². The zero-order valence-electron chi connectivity index (χ0n) is 12.8. The van der Waals surface area contributed by atoms with Crippen molar-refractivity contribution in [1.29, 1.82) is 0 Å². The molecule has 0 aliphatic carbocycles. The Morgan fingerprint density at radius 1 is 1.24 bits per heavy atom. The van der Waals surface area contributed by atoms with Crippen molar-refractivity contribution in [2.24, 2.45) is 5.92 Å². The molecule has 1 amide bonds. The van der Waals surface area contributed by atoms with E-state index in [0.717, 1.165) is 11.3 Å². The Labute approximate surface area is 125 Å². The molecule has 1 rings (SSSR count). The maximum Gasteiger partial charge on any atom is 0.308 e. The smallest absolute Gasteiger partial charge is 0.308 e. The summed E-state index contributed by atoms with van der Waals surface area (Å²) in [6, 6.07) is 7.25. The molecule has 0 radical (unpaired) electrons. The number of benzene rings is 1. The Morgan fingerprint density at radius 2 is 1.86 bits per heavy atom. The topological polar surface area (TPSA) is 75.6 Å². The van der Waals surface area contributed by atoms with E-state index in [1.807, 2.05) is 31.2 Å². The molecule has 0 heterocycles. The van der Waals surface area contributed by atoms with Crippen LogP contribution in [-0.4, -0.2) is 29.6 Å². The van der Waals surface area contributed by atoms with Crippen LogP contribution in [0.3, 0.4) is 0 Å². The third-order valence-corrected chi connectivity index (χ3v) is 3.40. The van der Waals surface area contributed by atoms with E-state index in [-0.39, 0.29) is 11.9 Å². The summed E-state index contributed by atoms with van der Waals surface area (Å²) in [6.45, 7) is 5.84. The van der Waals surface area contributed by atoms with Gasteiger partial charge in [0.05, 0.1) is 12.5 Å². The molecule has 2 unspecified atom stereocenters. The van der Waals surface area contributed by atoms with Crippen molar-refractivity contribution in [2.75, 3.05) is 6.61 Å². The number of nitrogens with one attached hydrogen (secondary N) is 1. The molecule has 2 atom stereocenters. The lowest BCUT2D eigenvalue weighted by atomic mass is 10.0. The van der Waals surface area contributed by atoms with E-state index in [2.05, 4.69) is 5.32 Å². The van der Waals surface area contributed by atoms with Crippen LogP contribution in [0.2, 0.25) is 0 Å². The molecule has 1 aromatic carbocycles. The van der Waals surface area contributed by atoms with E-state index in [1.165, 1.54) is 0 Å². The maximum absolute atomic E-state index is 11.8. The predicted molar refractivity (Wildman–Crippen MR) is 80.3 cm³/mol. The molecule has 5 nitrogen and oxygen atoms in total. The van der Waals surface area contributed by atoms with E-state index in [1.54, 1.807) is 13.8 Å². The monoisotopic (exact) mass is 293 g/mol. The van der Waals surface area contributed by atoms with Crippen molar-refractivity contribution in [3.8, 4) is 5.75 Å². The highest BCUT2D eigenvalue weighted by atomic mass is 16.5. The van der Waals surface area contributed by atoms with Gasteiger partial charge in [0.2, 0.25) is 5.91 Å². The summed E-state index contributed by atoms with van der Waals surface area (Å²) in [5.74, 6) is -0.826. The number of carboxylic acids is 1. The Morgan fingerprint density at radius 3 is 2.38 bits per heavy atom. The Balaban J connectivity index is 2.40. The van der Waals surface area contributed by atoms with Crippen LogP contribution in [0.1, 0.15) is 32.8 Å². The molecule has 116 valence electrons. The molecule has 0 saturated carbocycles. The van der Waals surface area contributed by atoms with Crippen LogP contribution in [0.5, 0.6) is 5.75 Å². The molecule has 1 aromatic rings. The molecule has 0 spiro atoms. The number of rotatable bonds is 8. The number of carboxylic acid groups (broad SMARTS) is 1. The minimum absolute atomic E-state index is 0.135. The van der Waals surface area contributed by atoms with E-state index in [9.17, 15) is 9.59 Å². The first-order chi connectivity index (χ1) is 9.93. The Hall–Kier alpha value is -2.04.